The van der Waals surface area contributed by atoms with E-state index in [4.69, 9.17) is 11.6 Å². The van der Waals surface area contributed by atoms with E-state index in [-0.39, 0.29) is 5.69 Å². The summed E-state index contributed by atoms with van der Waals surface area (Å²) in [6.45, 7) is 7.23. The lowest BCUT2D eigenvalue weighted by Crippen LogP contribution is -2.27. The molecule has 23 heavy (non-hydrogen) atoms. The highest BCUT2D eigenvalue weighted by Gasteiger charge is 2.27. The van der Waals surface area contributed by atoms with Crippen molar-refractivity contribution in [2.24, 2.45) is 0 Å². The molecule has 122 valence electrons. The van der Waals surface area contributed by atoms with Crippen LogP contribution in [0.15, 0.2) is 24.3 Å². The molecule has 1 aromatic carbocycles. The second-order valence-corrected chi connectivity index (χ2v) is 6.55. The van der Waals surface area contributed by atoms with E-state index in [1.54, 1.807) is 31.2 Å². The summed E-state index contributed by atoms with van der Waals surface area (Å²) in [6, 6.07) is 6.65. The number of carbonyl (C=O) groups is 2. The van der Waals surface area contributed by atoms with Crippen LogP contribution in [0.2, 0.25) is 5.02 Å². The van der Waals surface area contributed by atoms with Gasteiger partial charge < -0.3 is 10.4 Å². The Morgan fingerprint density at radius 3 is 2.39 bits per heavy atom. The van der Waals surface area contributed by atoms with Crippen LogP contribution in [-0.2, 0) is 5.54 Å². The zero-order valence-corrected chi connectivity index (χ0v) is 14.1. The van der Waals surface area contributed by atoms with Crippen molar-refractivity contribution in [1.82, 2.24) is 9.78 Å². The fourth-order valence-electron chi connectivity index (χ4n) is 2.15. The quantitative estimate of drug-likeness (QED) is 0.898. The first kappa shape index (κ1) is 17.0. The van der Waals surface area contributed by atoms with Gasteiger partial charge in [0.05, 0.1) is 16.1 Å². The van der Waals surface area contributed by atoms with Gasteiger partial charge in [0, 0.05) is 5.56 Å². The van der Waals surface area contributed by atoms with Gasteiger partial charge in [0.15, 0.2) is 5.69 Å². The normalized spacial score (nSPS) is 11.3. The number of aromatic carboxylic acids is 1. The topological polar surface area (TPSA) is 84.2 Å². The Bertz CT molecular complexity index is 775. The fourth-order valence-corrected chi connectivity index (χ4v) is 2.37. The molecule has 2 aromatic rings. The van der Waals surface area contributed by atoms with Crippen LogP contribution in [0.3, 0.4) is 0 Å². The first-order chi connectivity index (χ1) is 10.6. The van der Waals surface area contributed by atoms with Crippen molar-refractivity contribution >= 4 is 29.3 Å². The van der Waals surface area contributed by atoms with Crippen molar-refractivity contribution in [2.75, 3.05) is 5.32 Å². The average Bonchev–Trinajstić information content (AvgIpc) is 2.76. The number of carboxylic acid groups (broad SMARTS) is 1. The van der Waals surface area contributed by atoms with Crippen molar-refractivity contribution < 1.29 is 14.7 Å². The molecule has 1 heterocycles. The Morgan fingerprint density at radius 1 is 1.26 bits per heavy atom. The van der Waals surface area contributed by atoms with Gasteiger partial charge in [-0.25, -0.2) is 9.48 Å². The summed E-state index contributed by atoms with van der Waals surface area (Å²) >= 11 is 6.03. The summed E-state index contributed by atoms with van der Waals surface area (Å²) in [5.74, 6) is -1.21. The zero-order valence-electron chi connectivity index (χ0n) is 13.3. The molecule has 1 aromatic heterocycles. The van der Waals surface area contributed by atoms with Gasteiger partial charge in [-0.3, -0.25) is 4.79 Å². The number of benzene rings is 1. The SMILES string of the molecule is Cc1c(C(=O)O)nn(C(C)(C)C)c1NC(=O)c1ccccc1Cl. The van der Waals surface area contributed by atoms with Crippen LogP contribution in [0, 0.1) is 6.92 Å². The van der Waals surface area contributed by atoms with E-state index in [9.17, 15) is 14.7 Å². The second-order valence-electron chi connectivity index (χ2n) is 6.14. The lowest BCUT2D eigenvalue weighted by molar-refractivity contribution is 0.0687. The highest BCUT2D eigenvalue weighted by Crippen LogP contribution is 2.27. The second kappa shape index (κ2) is 6.04. The molecule has 0 saturated heterocycles. The third-order valence-corrected chi connectivity index (χ3v) is 3.64. The van der Waals surface area contributed by atoms with E-state index >= 15 is 0 Å². The van der Waals surface area contributed by atoms with E-state index in [2.05, 4.69) is 10.4 Å². The molecule has 0 bridgehead atoms. The first-order valence-corrected chi connectivity index (χ1v) is 7.40. The molecule has 0 aliphatic carbocycles. The molecule has 6 nitrogen and oxygen atoms in total. The predicted molar refractivity (Wildman–Crippen MR) is 88.3 cm³/mol. The Hall–Kier alpha value is -2.34. The average molecular weight is 336 g/mol. The molecule has 1 amide bonds. The Labute approximate surface area is 139 Å². The standard InChI is InChI=1S/C16H18ClN3O3/c1-9-12(15(22)23)19-20(16(2,3)4)13(9)18-14(21)10-7-5-6-8-11(10)17/h5-8H,1-4H3,(H,18,21)(H,22,23). The maximum absolute atomic E-state index is 12.5. The molecule has 2 rings (SSSR count). The van der Waals surface area contributed by atoms with Gasteiger partial charge in [-0.2, -0.15) is 5.10 Å². The smallest absolute Gasteiger partial charge is 0.356 e. The molecule has 0 aliphatic heterocycles. The predicted octanol–water partition coefficient (Wildman–Crippen LogP) is 3.55. The van der Waals surface area contributed by atoms with Gasteiger partial charge in [-0.05, 0) is 39.8 Å². The largest absolute Gasteiger partial charge is 0.476 e. The van der Waals surface area contributed by atoms with Crippen LogP contribution in [0.5, 0.6) is 0 Å². The first-order valence-electron chi connectivity index (χ1n) is 7.02. The number of rotatable bonds is 3. The Kier molecular flexibility index (Phi) is 4.47. The van der Waals surface area contributed by atoms with Crippen molar-refractivity contribution in [3.05, 3.63) is 46.1 Å². The molecule has 0 aliphatic rings. The minimum absolute atomic E-state index is 0.0885. The number of hydrogen-bond donors (Lipinski definition) is 2. The van der Waals surface area contributed by atoms with Crippen LogP contribution in [0.25, 0.3) is 0 Å². The highest BCUT2D eigenvalue weighted by molar-refractivity contribution is 6.34. The van der Waals surface area contributed by atoms with Crippen molar-refractivity contribution in [1.29, 1.82) is 0 Å². The highest BCUT2D eigenvalue weighted by atomic mass is 35.5. The number of amides is 1. The van der Waals surface area contributed by atoms with Crippen LogP contribution >= 0.6 is 11.6 Å². The van der Waals surface area contributed by atoms with E-state index < -0.39 is 17.4 Å². The molecule has 0 fully saturated rings. The van der Waals surface area contributed by atoms with Gasteiger partial charge in [-0.1, -0.05) is 23.7 Å². The molecule has 0 spiro atoms. The number of anilines is 1. The van der Waals surface area contributed by atoms with Gasteiger partial charge in [0.25, 0.3) is 5.91 Å². The molecule has 0 unspecified atom stereocenters. The summed E-state index contributed by atoms with van der Waals surface area (Å²) < 4.78 is 1.50. The van der Waals surface area contributed by atoms with Crippen LogP contribution in [-0.4, -0.2) is 26.8 Å². The van der Waals surface area contributed by atoms with E-state index in [1.807, 2.05) is 20.8 Å². The lowest BCUT2D eigenvalue weighted by Gasteiger charge is -2.22. The Balaban J connectivity index is 2.49. The van der Waals surface area contributed by atoms with E-state index in [0.717, 1.165) is 0 Å². The van der Waals surface area contributed by atoms with E-state index in [0.29, 0.717) is 22.0 Å². The molecular weight excluding hydrogens is 318 g/mol. The number of aromatic nitrogens is 2. The fraction of sp³-hybridized carbons (Fsp3) is 0.312. The van der Waals surface area contributed by atoms with Crippen molar-refractivity contribution in [3.8, 4) is 0 Å². The maximum atomic E-state index is 12.5. The van der Waals surface area contributed by atoms with Gasteiger partial charge >= 0.3 is 5.97 Å². The lowest BCUT2D eigenvalue weighted by atomic mass is 10.1. The summed E-state index contributed by atoms with van der Waals surface area (Å²) in [4.78, 5) is 23.8. The third-order valence-electron chi connectivity index (χ3n) is 3.31. The number of nitrogens with zero attached hydrogens (tertiary/aromatic N) is 2. The third kappa shape index (κ3) is 3.37. The van der Waals surface area contributed by atoms with E-state index in [1.165, 1.54) is 4.68 Å². The summed E-state index contributed by atoms with van der Waals surface area (Å²) in [5, 5.41) is 16.4. The molecule has 0 saturated carbocycles. The maximum Gasteiger partial charge on any atom is 0.356 e. The number of carbonyl (C=O) groups excluding carboxylic acids is 1. The minimum atomic E-state index is -1.14. The summed E-state index contributed by atoms with van der Waals surface area (Å²) in [6.07, 6.45) is 0. The minimum Gasteiger partial charge on any atom is -0.476 e. The van der Waals surface area contributed by atoms with Gasteiger partial charge in [0.2, 0.25) is 0 Å². The summed E-state index contributed by atoms with van der Waals surface area (Å²) in [7, 11) is 0. The van der Waals surface area contributed by atoms with Crippen LogP contribution in [0.4, 0.5) is 5.82 Å². The van der Waals surface area contributed by atoms with Gasteiger partial charge in [-0.15, -0.1) is 0 Å². The molecular formula is C16H18ClN3O3. The van der Waals surface area contributed by atoms with Crippen molar-refractivity contribution in [3.63, 3.8) is 0 Å². The summed E-state index contributed by atoms with van der Waals surface area (Å²) in [5.41, 5.74) is 0.121. The molecule has 2 N–H and O–H groups in total. The van der Waals surface area contributed by atoms with Crippen molar-refractivity contribution in [2.45, 2.75) is 33.2 Å². The molecule has 0 radical (unpaired) electrons. The number of halogens is 1. The number of hydrogen-bond acceptors (Lipinski definition) is 3. The Morgan fingerprint density at radius 2 is 1.87 bits per heavy atom. The zero-order chi connectivity index (χ0) is 17.4. The molecule has 7 heteroatoms. The number of nitrogens with one attached hydrogen (secondary N) is 1. The molecule has 0 atom stereocenters. The van der Waals surface area contributed by atoms with Crippen LogP contribution in [0.1, 0.15) is 47.2 Å². The number of carboxylic acids is 1. The van der Waals surface area contributed by atoms with Gasteiger partial charge in [0.1, 0.15) is 5.82 Å². The van der Waals surface area contributed by atoms with Crippen LogP contribution < -0.4 is 5.32 Å². The monoisotopic (exact) mass is 335 g/mol.